The van der Waals surface area contributed by atoms with Crippen LogP contribution < -0.4 is 11.1 Å². The van der Waals surface area contributed by atoms with Crippen molar-refractivity contribution in [3.8, 4) is 0 Å². The van der Waals surface area contributed by atoms with Gasteiger partial charge >= 0.3 is 0 Å². The minimum absolute atomic E-state index is 0.177. The molecule has 2 atom stereocenters. The van der Waals surface area contributed by atoms with E-state index in [4.69, 9.17) is 5.73 Å². The van der Waals surface area contributed by atoms with Gasteiger partial charge in [0, 0.05) is 24.7 Å². The van der Waals surface area contributed by atoms with Crippen molar-refractivity contribution >= 4 is 5.91 Å². The van der Waals surface area contributed by atoms with E-state index in [-0.39, 0.29) is 11.9 Å². The number of nitrogens with zero attached hydrogens (tertiary/aromatic N) is 1. The molecule has 4 heteroatoms. The van der Waals surface area contributed by atoms with Crippen molar-refractivity contribution in [2.75, 3.05) is 6.54 Å². The Bertz CT molecular complexity index is 352. The summed E-state index contributed by atoms with van der Waals surface area (Å²) in [5, 5.41) is 3.45. The molecule has 0 bridgehead atoms. The van der Waals surface area contributed by atoms with E-state index in [1.807, 2.05) is 0 Å². The van der Waals surface area contributed by atoms with Crippen LogP contribution in [0.5, 0.6) is 0 Å². The number of primary amides is 1. The monoisotopic (exact) mass is 281 g/mol. The SMILES string of the molecule is CC(C)NC1(C(N)=O)CCC(N(CC2CC2)C(C)C)C1. The fourth-order valence-electron chi connectivity index (χ4n) is 3.66. The second-order valence-corrected chi connectivity index (χ2v) is 7.38. The minimum Gasteiger partial charge on any atom is -0.368 e. The molecule has 0 aromatic carbocycles. The summed E-state index contributed by atoms with van der Waals surface area (Å²) < 4.78 is 0. The summed E-state index contributed by atoms with van der Waals surface area (Å²) in [6, 6.07) is 1.33. The molecule has 3 N–H and O–H groups in total. The van der Waals surface area contributed by atoms with Crippen LogP contribution in [0, 0.1) is 5.92 Å². The van der Waals surface area contributed by atoms with Crippen LogP contribution in [0.3, 0.4) is 0 Å². The van der Waals surface area contributed by atoms with Crippen LogP contribution in [-0.2, 0) is 4.79 Å². The normalized spacial score (nSPS) is 30.6. The molecule has 0 aromatic heterocycles. The summed E-state index contributed by atoms with van der Waals surface area (Å²) in [7, 11) is 0. The molecule has 2 aliphatic rings. The summed E-state index contributed by atoms with van der Waals surface area (Å²) in [5.74, 6) is 0.711. The molecule has 2 unspecified atom stereocenters. The van der Waals surface area contributed by atoms with Crippen molar-refractivity contribution < 1.29 is 4.79 Å². The second kappa shape index (κ2) is 6.02. The van der Waals surface area contributed by atoms with Crippen LogP contribution in [0.4, 0.5) is 0 Å². The average Bonchev–Trinajstić information content (AvgIpc) is 3.06. The molecule has 0 aliphatic heterocycles. The zero-order valence-corrected chi connectivity index (χ0v) is 13.5. The summed E-state index contributed by atoms with van der Waals surface area (Å²) in [6.45, 7) is 9.90. The third-order valence-corrected chi connectivity index (χ3v) is 4.82. The number of nitrogens with one attached hydrogen (secondary N) is 1. The lowest BCUT2D eigenvalue weighted by molar-refractivity contribution is -0.124. The predicted octanol–water partition coefficient (Wildman–Crippen LogP) is 1.88. The first-order valence-corrected chi connectivity index (χ1v) is 8.17. The lowest BCUT2D eigenvalue weighted by atomic mass is 9.95. The second-order valence-electron chi connectivity index (χ2n) is 7.38. The van der Waals surface area contributed by atoms with Gasteiger partial charge in [-0.15, -0.1) is 0 Å². The van der Waals surface area contributed by atoms with Crippen molar-refractivity contribution in [3.63, 3.8) is 0 Å². The van der Waals surface area contributed by atoms with Gasteiger partial charge in [0.25, 0.3) is 0 Å². The maximum Gasteiger partial charge on any atom is 0.237 e. The lowest BCUT2D eigenvalue weighted by Gasteiger charge is -2.35. The Hall–Kier alpha value is -0.610. The largest absolute Gasteiger partial charge is 0.368 e. The summed E-state index contributed by atoms with van der Waals surface area (Å²) in [4.78, 5) is 14.6. The Labute approximate surface area is 123 Å². The van der Waals surface area contributed by atoms with Gasteiger partial charge < -0.3 is 11.1 Å². The number of rotatable bonds is 7. The third-order valence-electron chi connectivity index (χ3n) is 4.82. The highest BCUT2D eigenvalue weighted by atomic mass is 16.1. The first-order valence-electron chi connectivity index (χ1n) is 8.17. The van der Waals surface area contributed by atoms with E-state index in [2.05, 4.69) is 37.9 Å². The number of hydrogen-bond acceptors (Lipinski definition) is 3. The smallest absolute Gasteiger partial charge is 0.237 e. The van der Waals surface area contributed by atoms with Crippen LogP contribution in [0.2, 0.25) is 0 Å². The van der Waals surface area contributed by atoms with E-state index in [0.717, 1.165) is 25.2 Å². The summed E-state index contributed by atoms with van der Waals surface area (Å²) >= 11 is 0. The Kier molecular flexibility index (Phi) is 4.75. The molecular weight excluding hydrogens is 250 g/mol. The quantitative estimate of drug-likeness (QED) is 0.749. The summed E-state index contributed by atoms with van der Waals surface area (Å²) in [6.07, 6.45) is 5.57. The maximum absolute atomic E-state index is 12.0. The van der Waals surface area contributed by atoms with Crippen molar-refractivity contribution in [1.82, 2.24) is 10.2 Å². The zero-order valence-electron chi connectivity index (χ0n) is 13.5. The van der Waals surface area contributed by atoms with Crippen LogP contribution in [0.1, 0.15) is 59.8 Å². The molecule has 116 valence electrons. The van der Waals surface area contributed by atoms with Gasteiger partial charge in [-0.25, -0.2) is 0 Å². The molecule has 2 rings (SSSR count). The molecule has 2 aliphatic carbocycles. The highest BCUT2D eigenvalue weighted by molar-refractivity contribution is 5.85. The molecule has 4 nitrogen and oxygen atoms in total. The first-order chi connectivity index (χ1) is 9.34. The average molecular weight is 281 g/mol. The van der Waals surface area contributed by atoms with Crippen molar-refractivity contribution in [1.29, 1.82) is 0 Å². The van der Waals surface area contributed by atoms with E-state index < -0.39 is 5.54 Å². The van der Waals surface area contributed by atoms with Gasteiger partial charge in [-0.05, 0) is 65.7 Å². The first kappa shape index (κ1) is 15.8. The Balaban J connectivity index is 2.05. The van der Waals surface area contributed by atoms with E-state index in [1.54, 1.807) is 0 Å². The zero-order chi connectivity index (χ0) is 14.9. The Morgan fingerprint density at radius 3 is 2.40 bits per heavy atom. The van der Waals surface area contributed by atoms with E-state index in [0.29, 0.717) is 12.1 Å². The number of nitrogens with two attached hydrogens (primary N) is 1. The molecule has 0 radical (unpaired) electrons. The molecule has 20 heavy (non-hydrogen) atoms. The van der Waals surface area contributed by atoms with Gasteiger partial charge in [-0.1, -0.05) is 0 Å². The number of carbonyl (C=O) groups excluding carboxylic acids is 1. The maximum atomic E-state index is 12.0. The fraction of sp³-hybridized carbons (Fsp3) is 0.938. The van der Waals surface area contributed by atoms with E-state index >= 15 is 0 Å². The molecule has 0 spiro atoms. The fourth-order valence-corrected chi connectivity index (χ4v) is 3.66. The van der Waals surface area contributed by atoms with Crippen LogP contribution in [0.25, 0.3) is 0 Å². The number of carbonyl (C=O) groups is 1. The van der Waals surface area contributed by atoms with Gasteiger partial charge in [0.15, 0.2) is 0 Å². The van der Waals surface area contributed by atoms with Gasteiger partial charge in [-0.3, -0.25) is 9.69 Å². The molecular formula is C16H31N3O. The topological polar surface area (TPSA) is 58.4 Å². The van der Waals surface area contributed by atoms with Gasteiger partial charge in [0.1, 0.15) is 0 Å². The minimum atomic E-state index is -0.491. The van der Waals surface area contributed by atoms with Crippen LogP contribution in [-0.4, -0.2) is 41.0 Å². The molecule has 1 amide bonds. The molecule has 0 saturated heterocycles. The van der Waals surface area contributed by atoms with Crippen LogP contribution >= 0.6 is 0 Å². The summed E-state index contributed by atoms with van der Waals surface area (Å²) in [5.41, 5.74) is 5.22. The van der Waals surface area contributed by atoms with Gasteiger partial charge in [0.2, 0.25) is 5.91 Å². The van der Waals surface area contributed by atoms with Crippen molar-refractivity contribution in [2.24, 2.45) is 11.7 Å². The van der Waals surface area contributed by atoms with E-state index in [9.17, 15) is 4.79 Å². The molecule has 2 fully saturated rings. The highest BCUT2D eigenvalue weighted by Crippen LogP contribution is 2.37. The van der Waals surface area contributed by atoms with Crippen molar-refractivity contribution in [3.05, 3.63) is 0 Å². The van der Waals surface area contributed by atoms with E-state index in [1.165, 1.54) is 19.4 Å². The Morgan fingerprint density at radius 2 is 1.95 bits per heavy atom. The molecule has 2 saturated carbocycles. The third kappa shape index (κ3) is 3.53. The highest BCUT2D eigenvalue weighted by Gasteiger charge is 2.46. The van der Waals surface area contributed by atoms with Gasteiger partial charge in [-0.2, -0.15) is 0 Å². The van der Waals surface area contributed by atoms with Crippen LogP contribution in [0.15, 0.2) is 0 Å². The standard InChI is InChI=1S/C16H31N3O/c1-11(2)18-16(15(17)20)8-7-14(9-16)19(12(3)4)10-13-5-6-13/h11-14,18H,5-10H2,1-4H3,(H2,17,20). The molecule has 0 aromatic rings. The Morgan fingerprint density at radius 1 is 1.30 bits per heavy atom. The predicted molar refractivity (Wildman–Crippen MR) is 82.4 cm³/mol. The number of amides is 1. The number of hydrogen-bond donors (Lipinski definition) is 2. The molecule has 0 heterocycles. The van der Waals surface area contributed by atoms with Gasteiger partial charge in [0.05, 0.1) is 5.54 Å². The van der Waals surface area contributed by atoms with Crippen molar-refractivity contribution in [2.45, 2.75) is 83.5 Å². The lowest BCUT2D eigenvalue weighted by Crippen LogP contribution is -2.57.